The van der Waals surface area contributed by atoms with Gasteiger partial charge in [-0.1, -0.05) is 62.4 Å². The van der Waals surface area contributed by atoms with Gasteiger partial charge < -0.3 is 10.2 Å². The molecule has 0 fully saturated rings. The summed E-state index contributed by atoms with van der Waals surface area (Å²) in [7, 11) is 1.89. The Morgan fingerprint density at radius 2 is 1.60 bits per heavy atom. The van der Waals surface area contributed by atoms with Crippen LogP contribution < -0.4 is 5.32 Å². The first-order valence-corrected chi connectivity index (χ1v) is 9.01. The van der Waals surface area contributed by atoms with Gasteiger partial charge in [-0.3, -0.25) is 9.69 Å². The number of nitrogens with zero attached hydrogens (tertiary/aromatic N) is 2. The van der Waals surface area contributed by atoms with Crippen molar-refractivity contribution in [2.24, 2.45) is 0 Å². The summed E-state index contributed by atoms with van der Waals surface area (Å²) in [6.07, 6.45) is 1.01. The highest BCUT2D eigenvalue weighted by molar-refractivity contribution is 5.81. The number of carbonyl (C=O) groups is 1. The molecular formula is C21H29N3O. The molecule has 0 aliphatic carbocycles. The Hall–Kier alpha value is -2.33. The molecule has 0 aliphatic rings. The molecule has 2 aromatic carbocycles. The molecule has 0 spiro atoms. The van der Waals surface area contributed by atoms with E-state index in [0.717, 1.165) is 30.8 Å². The van der Waals surface area contributed by atoms with Gasteiger partial charge >= 0.3 is 0 Å². The third kappa shape index (κ3) is 5.33. The number of amides is 1. The highest BCUT2D eigenvalue weighted by atomic mass is 16.2. The number of carbonyl (C=O) groups excluding carboxylic acids is 1. The monoisotopic (exact) mass is 339 g/mol. The molecule has 0 heterocycles. The smallest absolute Gasteiger partial charge is 0.243 e. The normalized spacial score (nSPS) is 12.0. The van der Waals surface area contributed by atoms with E-state index in [1.807, 2.05) is 60.5 Å². The van der Waals surface area contributed by atoms with Crippen LogP contribution >= 0.6 is 0 Å². The molecule has 2 rings (SSSR count). The van der Waals surface area contributed by atoms with Crippen LogP contribution in [0.5, 0.6) is 0 Å². The molecule has 0 saturated heterocycles. The van der Waals surface area contributed by atoms with Crippen molar-refractivity contribution < 1.29 is 4.79 Å². The van der Waals surface area contributed by atoms with Crippen LogP contribution in [0.4, 0.5) is 5.69 Å². The van der Waals surface area contributed by atoms with E-state index in [1.165, 1.54) is 0 Å². The number of hydrogen-bond acceptors (Lipinski definition) is 3. The van der Waals surface area contributed by atoms with E-state index in [9.17, 15) is 4.79 Å². The Balaban J connectivity index is 2.13. The largest absolute Gasteiger partial charge is 0.376 e. The number of hydrogen-bond donors (Lipinski definition) is 1. The topological polar surface area (TPSA) is 35.6 Å². The molecular weight excluding hydrogens is 310 g/mol. The molecule has 0 radical (unpaired) electrons. The van der Waals surface area contributed by atoms with Crippen LogP contribution in [0.2, 0.25) is 0 Å². The van der Waals surface area contributed by atoms with E-state index in [4.69, 9.17) is 0 Å². The summed E-state index contributed by atoms with van der Waals surface area (Å²) >= 11 is 0. The first-order chi connectivity index (χ1) is 12.2. The molecule has 1 amide bonds. The first-order valence-electron chi connectivity index (χ1n) is 9.01. The Morgan fingerprint density at radius 1 is 1.00 bits per heavy atom. The lowest BCUT2D eigenvalue weighted by Crippen LogP contribution is -2.44. The van der Waals surface area contributed by atoms with E-state index in [-0.39, 0.29) is 18.6 Å². The molecule has 1 N–H and O–H groups in total. The van der Waals surface area contributed by atoms with Crippen molar-refractivity contribution in [2.75, 3.05) is 32.0 Å². The lowest BCUT2D eigenvalue weighted by atomic mass is 10.1. The third-order valence-electron chi connectivity index (χ3n) is 4.34. The summed E-state index contributed by atoms with van der Waals surface area (Å²) in [5.41, 5.74) is 2.11. The highest BCUT2D eigenvalue weighted by Gasteiger charge is 2.26. The van der Waals surface area contributed by atoms with Gasteiger partial charge in [-0.15, -0.1) is 0 Å². The lowest BCUT2D eigenvalue weighted by Gasteiger charge is -2.37. The van der Waals surface area contributed by atoms with Crippen molar-refractivity contribution in [3.05, 3.63) is 66.2 Å². The molecule has 0 saturated carbocycles. The van der Waals surface area contributed by atoms with Gasteiger partial charge in [-0.2, -0.15) is 0 Å². The fourth-order valence-electron chi connectivity index (χ4n) is 3.04. The number of anilines is 1. The predicted octanol–water partition coefficient (Wildman–Crippen LogP) is 3.99. The molecule has 0 aromatic heterocycles. The summed E-state index contributed by atoms with van der Waals surface area (Å²) in [5, 5.41) is 3.21. The summed E-state index contributed by atoms with van der Waals surface area (Å²) in [6, 6.07) is 20.1. The van der Waals surface area contributed by atoms with Crippen LogP contribution in [0.3, 0.4) is 0 Å². The van der Waals surface area contributed by atoms with Crippen LogP contribution in [0.1, 0.15) is 32.0 Å². The van der Waals surface area contributed by atoms with Gasteiger partial charge in [0.05, 0.1) is 6.54 Å². The third-order valence-corrected chi connectivity index (χ3v) is 4.34. The van der Waals surface area contributed by atoms with Crippen molar-refractivity contribution >= 4 is 11.6 Å². The molecule has 0 bridgehead atoms. The predicted molar refractivity (Wildman–Crippen MR) is 104 cm³/mol. The van der Waals surface area contributed by atoms with Crippen LogP contribution in [0.15, 0.2) is 60.7 Å². The standard InChI is InChI=1S/C21H29N3O/c1-4-16-24(5-2)21(18-12-8-6-9-13-18)23(3)20(25)17-22-19-14-10-7-11-15-19/h6-15,21-22H,4-5,16-17H2,1-3H3. The van der Waals surface area contributed by atoms with Gasteiger partial charge in [0.1, 0.15) is 6.17 Å². The summed E-state index contributed by atoms with van der Waals surface area (Å²) in [4.78, 5) is 17.0. The van der Waals surface area contributed by atoms with E-state index < -0.39 is 0 Å². The number of para-hydroxylation sites is 1. The molecule has 1 unspecified atom stereocenters. The zero-order chi connectivity index (χ0) is 18.1. The maximum absolute atomic E-state index is 12.8. The Bertz CT molecular complexity index is 630. The molecule has 0 aliphatic heterocycles. The minimum Gasteiger partial charge on any atom is -0.376 e. The zero-order valence-corrected chi connectivity index (χ0v) is 15.5. The van der Waals surface area contributed by atoms with Crippen LogP contribution in [-0.2, 0) is 4.79 Å². The Labute approximate surface area is 151 Å². The second kappa shape index (κ2) is 9.84. The summed E-state index contributed by atoms with van der Waals surface area (Å²) in [5.74, 6) is 0.0762. The van der Waals surface area contributed by atoms with Crippen molar-refractivity contribution in [1.29, 1.82) is 0 Å². The van der Waals surface area contributed by atoms with Crippen molar-refractivity contribution in [3.63, 3.8) is 0 Å². The fraction of sp³-hybridized carbons (Fsp3) is 0.381. The van der Waals surface area contributed by atoms with E-state index >= 15 is 0 Å². The highest BCUT2D eigenvalue weighted by Crippen LogP contribution is 2.24. The molecule has 1 atom stereocenters. The minimum atomic E-state index is -0.0452. The molecule has 2 aromatic rings. The Kier molecular flexibility index (Phi) is 7.48. The van der Waals surface area contributed by atoms with Gasteiger partial charge in [0.25, 0.3) is 0 Å². The molecule has 4 nitrogen and oxygen atoms in total. The quantitative estimate of drug-likeness (QED) is 0.702. The maximum atomic E-state index is 12.8. The number of likely N-dealkylation sites (N-methyl/N-ethyl adjacent to an activating group) is 1. The fourth-order valence-corrected chi connectivity index (χ4v) is 3.04. The number of rotatable bonds is 9. The van der Waals surface area contributed by atoms with Gasteiger partial charge in [-0.05, 0) is 30.7 Å². The van der Waals surface area contributed by atoms with Crippen molar-refractivity contribution in [2.45, 2.75) is 26.4 Å². The average molecular weight is 339 g/mol. The van der Waals surface area contributed by atoms with E-state index in [1.54, 1.807) is 0 Å². The molecule has 4 heteroatoms. The van der Waals surface area contributed by atoms with Crippen LogP contribution in [0.25, 0.3) is 0 Å². The van der Waals surface area contributed by atoms with E-state index in [0.29, 0.717) is 0 Å². The van der Waals surface area contributed by atoms with Crippen molar-refractivity contribution in [3.8, 4) is 0 Å². The SMILES string of the molecule is CCCN(CC)C(c1ccccc1)N(C)C(=O)CNc1ccccc1. The zero-order valence-electron chi connectivity index (χ0n) is 15.5. The summed E-state index contributed by atoms with van der Waals surface area (Å²) in [6.45, 7) is 6.46. The lowest BCUT2D eigenvalue weighted by molar-refractivity contribution is -0.134. The van der Waals surface area contributed by atoms with Gasteiger partial charge in [-0.25, -0.2) is 0 Å². The van der Waals surface area contributed by atoms with Crippen LogP contribution in [0, 0.1) is 0 Å². The van der Waals surface area contributed by atoms with Gasteiger partial charge in [0.15, 0.2) is 0 Å². The Morgan fingerprint density at radius 3 is 2.16 bits per heavy atom. The molecule has 134 valence electrons. The first kappa shape index (κ1) is 19.0. The summed E-state index contributed by atoms with van der Waals surface area (Å²) < 4.78 is 0. The van der Waals surface area contributed by atoms with Crippen molar-refractivity contribution in [1.82, 2.24) is 9.80 Å². The maximum Gasteiger partial charge on any atom is 0.243 e. The van der Waals surface area contributed by atoms with Crippen LogP contribution in [-0.4, -0.2) is 42.4 Å². The molecule has 25 heavy (non-hydrogen) atoms. The van der Waals surface area contributed by atoms with E-state index in [2.05, 4.69) is 36.2 Å². The van der Waals surface area contributed by atoms with Gasteiger partial charge in [0.2, 0.25) is 5.91 Å². The minimum absolute atomic E-state index is 0.0452. The number of benzene rings is 2. The van der Waals surface area contributed by atoms with Gasteiger partial charge in [0, 0.05) is 19.3 Å². The average Bonchev–Trinajstić information content (AvgIpc) is 2.67. The number of nitrogens with one attached hydrogen (secondary N) is 1. The second-order valence-corrected chi connectivity index (χ2v) is 6.14. The second-order valence-electron chi connectivity index (χ2n) is 6.14.